The lowest BCUT2D eigenvalue weighted by molar-refractivity contribution is -0.121. The highest BCUT2D eigenvalue weighted by Crippen LogP contribution is 2.23. The van der Waals surface area contributed by atoms with Crippen molar-refractivity contribution in [2.45, 2.75) is 45.1 Å². The van der Waals surface area contributed by atoms with Gasteiger partial charge in [-0.1, -0.05) is 42.4 Å². The molecule has 128 valence electrons. The molecule has 2 heterocycles. The number of amides is 1. The molecule has 0 bridgehead atoms. The van der Waals surface area contributed by atoms with Gasteiger partial charge in [0.2, 0.25) is 11.8 Å². The molecule has 1 aromatic carbocycles. The van der Waals surface area contributed by atoms with E-state index in [-0.39, 0.29) is 11.9 Å². The minimum Gasteiger partial charge on any atom is -0.406 e. The van der Waals surface area contributed by atoms with Crippen molar-refractivity contribution in [3.8, 4) is 0 Å². The lowest BCUT2D eigenvalue weighted by atomic mass is 10.1. The van der Waals surface area contributed by atoms with Crippen molar-refractivity contribution in [2.75, 3.05) is 18.0 Å². The summed E-state index contributed by atoms with van der Waals surface area (Å²) in [6.45, 7) is 3.74. The number of hydrogen-bond acceptors (Lipinski definition) is 5. The first-order valence-corrected chi connectivity index (χ1v) is 8.68. The van der Waals surface area contributed by atoms with Crippen LogP contribution in [0, 0.1) is 0 Å². The van der Waals surface area contributed by atoms with E-state index < -0.39 is 0 Å². The number of aromatic nitrogens is 2. The molecular formula is C18H24N4O2. The number of piperidine rings is 1. The summed E-state index contributed by atoms with van der Waals surface area (Å²) >= 11 is 0. The van der Waals surface area contributed by atoms with Crippen LogP contribution >= 0.6 is 0 Å². The zero-order valence-electron chi connectivity index (χ0n) is 14.1. The Balaban J connectivity index is 1.76. The fourth-order valence-corrected chi connectivity index (χ4v) is 2.93. The van der Waals surface area contributed by atoms with E-state index in [4.69, 9.17) is 4.42 Å². The molecule has 1 N–H and O–H groups in total. The maximum Gasteiger partial charge on any atom is 0.318 e. The van der Waals surface area contributed by atoms with Crippen LogP contribution in [-0.4, -0.2) is 29.2 Å². The van der Waals surface area contributed by atoms with Crippen LogP contribution in [0.5, 0.6) is 0 Å². The van der Waals surface area contributed by atoms with E-state index in [0.717, 1.165) is 31.5 Å². The molecule has 1 amide bonds. The highest BCUT2D eigenvalue weighted by Gasteiger charge is 2.23. The van der Waals surface area contributed by atoms with Crippen LogP contribution in [0.3, 0.4) is 0 Å². The average molecular weight is 328 g/mol. The molecule has 3 rings (SSSR count). The SMILES string of the molecule is CCC(=O)NC(Cc1ccccc1)c1nnc(N2CCCCC2)o1. The fourth-order valence-electron chi connectivity index (χ4n) is 2.93. The Morgan fingerprint density at radius 1 is 1.21 bits per heavy atom. The molecule has 1 aromatic heterocycles. The number of anilines is 1. The normalized spacial score (nSPS) is 16.0. The molecule has 6 heteroatoms. The van der Waals surface area contributed by atoms with Crippen molar-refractivity contribution in [1.82, 2.24) is 15.5 Å². The van der Waals surface area contributed by atoms with Crippen LogP contribution in [0.4, 0.5) is 6.01 Å². The lowest BCUT2D eigenvalue weighted by Crippen LogP contribution is -2.30. The van der Waals surface area contributed by atoms with Gasteiger partial charge in [-0.15, -0.1) is 5.10 Å². The van der Waals surface area contributed by atoms with Crippen molar-refractivity contribution >= 4 is 11.9 Å². The maximum absolute atomic E-state index is 11.9. The maximum atomic E-state index is 11.9. The van der Waals surface area contributed by atoms with Gasteiger partial charge in [0.1, 0.15) is 6.04 Å². The monoisotopic (exact) mass is 328 g/mol. The first kappa shape index (κ1) is 16.5. The molecule has 1 aliphatic rings. The minimum absolute atomic E-state index is 0.0198. The number of nitrogens with zero attached hydrogens (tertiary/aromatic N) is 3. The summed E-state index contributed by atoms with van der Waals surface area (Å²) in [5, 5.41) is 11.4. The predicted octanol–water partition coefficient (Wildman–Crippen LogP) is 2.87. The Bertz CT molecular complexity index is 650. The van der Waals surface area contributed by atoms with Gasteiger partial charge in [0.05, 0.1) is 0 Å². The zero-order valence-corrected chi connectivity index (χ0v) is 14.1. The highest BCUT2D eigenvalue weighted by atomic mass is 16.4. The third-order valence-electron chi connectivity index (χ3n) is 4.29. The van der Waals surface area contributed by atoms with Gasteiger partial charge in [0, 0.05) is 25.9 Å². The molecule has 0 saturated carbocycles. The van der Waals surface area contributed by atoms with Crippen LogP contribution in [-0.2, 0) is 11.2 Å². The molecule has 2 aromatic rings. The molecule has 1 unspecified atom stereocenters. The average Bonchev–Trinajstić information content (AvgIpc) is 3.13. The van der Waals surface area contributed by atoms with Crippen LogP contribution < -0.4 is 10.2 Å². The molecule has 6 nitrogen and oxygen atoms in total. The van der Waals surface area contributed by atoms with Crippen molar-refractivity contribution in [3.63, 3.8) is 0 Å². The van der Waals surface area contributed by atoms with E-state index in [2.05, 4.69) is 20.4 Å². The third-order valence-corrected chi connectivity index (χ3v) is 4.29. The summed E-state index contributed by atoms with van der Waals surface area (Å²) in [7, 11) is 0. The molecule has 1 saturated heterocycles. The molecule has 0 radical (unpaired) electrons. The van der Waals surface area contributed by atoms with E-state index in [1.165, 1.54) is 6.42 Å². The van der Waals surface area contributed by atoms with Gasteiger partial charge >= 0.3 is 6.01 Å². The quantitative estimate of drug-likeness (QED) is 0.883. The minimum atomic E-state index is -0.300. The van der Waals surface area contributed by atoms with E-state index in [1.807, 2.05) is 37.3 Å². The van der Waals surface area contributed by atoms with Gasteiger partial charge in [0.25, 0.3) is 0 Å². The largest absolute Gasteiger partial charge is 0.406 e. The van der Waals surface area contributed by atoms with Crippen molar-refractivity contribution < 1.29 is 9.21 Å². The van der Waals surface area contributed by atoms with E-state index in [0.29, 0.717) is 24.7 Å². The molecular weight excluding hydrogens is 304 g/mol. The van der Waals surface area contributed by atoms with E-state index in [9.17, 15) is 4.79 Å². The second-order valence-electron chi connectivity index (χ2n) is 6.13. The molecule has 1 atom stereocenters. The first-order chi connectivity index (χ1) is 11.8. The van der Waals surface area contributed by atoms with Gasteiger partial charge in [-0.2, -0.15) is 0 Å². The van der Waals surface area contributed by atoms with Gasteiger partial charge in [-0.25, -0.2) is 0 Å². The Hall–Kier alpha value is -2.37. The number of carbonyl (C=O) groups excluding carboxylic acids is 1. The van der Waals surface area contributed by atoms with Gasteiger partial charge in [-0.3, -0.25) is 4.79 Å². The van der Waals surface area contributed by atoms with Crippen LogP contribution in [0.2, 0.25) is 0 Å². The number of rotatable bonds is 6. The van der Waals surface area contributed by atoms with Crippen molar-refractivity contribution in [2.24, 2.45) is 0 Å². The summed E-state index contributed by atoms with van der Waals surface area (Å²) < 4.78 is 5.89. The second-order valence-corrected chi connectivity index (χ2v) is 6.13. The molecule has 0 spiro atoms. The van der Waals surface area contributed by atoms with Crippen LogP contribution in [0.15, 0.2) is 34.7 Å². The van der Waals surface area contributed by atoms with Gasteiger partial charge in [0.15, 0.2) is 0 Å². The summed E-state index contributed by atoms with van der Waals surface area (Å²) in [6.07, 6.45) is 4.61. The second kappa shape index (κ2) is 7.95. The number of nitrogens with one attached hydrogen (secondary N) is 1. The number of carbonyl (C=O) groups is 1. The van der Waals surface area contributed by atoms with Crippen LogP contribution in [0.25, 0.3) is 0 Å². The molecule has 24 heavy (non-hydrogen) atoms. The van der Waals surface area contributed by atoms with Crippen LogP contribution in [0.1, 0.15) is 50.1 Å². The molecule has 1 aliphatic heterocycles. The fraction of sp³-hybridized carbons (Fsp3) is 0.500. The van der Waals surface area contributed by atoms with Gasteiger partial charge < -0.3 is 14.6 Å². The van der Waals surface area contributed by atoms with E-state index in [1.54, 1.807) is 0 Å². The third kappa shape index (κ3) is 4.13. The summed E-state index contributed by atoms with van der Waals surface area (Å²) in [5.74, 6) is 0.454. The van der Waals surface area contributed by atoms with E-state index >= 15 is 0 Å². The summed E-state index contributed by atoms with van der Waals surface area (Å²) in [4.78, 5) is 14.0. The summed E-state index contributed by atoms with van der Waals surface area (Å²) in [5.41, 5.74) is 1.12. The predicted molar refractivity (Wildman–Crippen MR) is 91.7 cm³/mol. The number of benzene rings is 1. The smallest absolute Gasteiger partial charge is 0.318 e. The molecule has 1 fully saturated rings. The molecule has 0 aliphatic carbocycles. The zero-order chi connectivity index (χ0) is 16.8. The standard InChI is InChI=1S/C18H24N4O2/c1-2-16(23)19-15(13-14-9-5-3-6-10-14)17-20-21-18(24-17)22-11-7-4-8-12-22/h3,5-6,9-10,15H,2,4,7-8,11-13H2,1H3,(H,19,23). The van der Waals surface area contributed by atoms with Gasteiger partial charge in [-0.05, 0) is 24.8 Å². The van der Waals surface area contributed by atoms with Crippen molar-refractivity contribution in [3.05, 3.63) is 41.8 Å². The summed E-state index contributed by atoms with van der Waals surface area (Å²) in [6, 6.07) is 10.3. The van der Waals surface area contributed by atoms with Crippen molar-refractivity contribution in [1.29, 1.82) is 0 Å². The highest BCUT2D eigenvalue weighted by molar-refractivity contribution is 5.75. The Morgan fingerprint density at radius 2 is 1.96 bits per heavy atom. The Labute approximate surface area is 142 Å². The Morgan fingerprint density at radius 3 is 2.67 bits per heavy atom. The topological polar surface area (TPSA) is 71.3 Å². The first-order valence-electron chi connectivity index (χ1n) is 8.68. The number of hydrogen-bond donors (Lipinski definition) is 1. The lowest BCUT2D eigenvalue weighted by Gasteiger charge is -2.24. The Kier molecular flexibility index (Phi) is 5.46.